The minimum Gasteiger partial charge on any atom is -0.520 e. The Morgan fingerprint density at radius 1 is 0.962 bits per heavy atom. The minimum absolute atomic E-state index is 0.0461. The van der Waals surface area contributed by atoms with E-state index >= 15 is 0 Å². The topological polar surface area (TPSA) is 48.0 Å². The number of rotatable bonds is 13. The molecule has 0 aromatic rings. The largest absolute Gasteiger partial charge is 0.520 e. The van der Waals surface area contributed by atoms with Gasteiger partial charge in [-0.05, 0) is 59.0 Å². The summed E-state index contributed by atoms with van der Waals surface area (Å²) in [5.41, 5.74) is 0. The highest BCUT2D eigenvalue weighted by atomic mass is 28.4. The van der Waals surface area contributed by atoms with Crippen molar-refractivity contribution in [2.24, 2.45) is 5.92 Å². The van der Waals surface area contributed by atoms with Crippen molar-refractivity contribution in [3.63, 3.8) is 0 Å². The highest BCUT2D eigenvalue weighted by Crippen LogP contribution is 2.20. The van der Waals surface area contributed by atoms with Crippen LogP contribution in [-0.4, -0.2) is 62.0 Å². The lowest BCUT2D eigenvalue weighted by atomic mass is 10.2. The third kappa shape index (κ3) is 11.0. The van der Waals surface area contributed by atoms with Crippen molar-refractivity contribution < 1.29 is 18.1 Å². The monoisotopic (exact) mass is 421 g/mol. The fourth-order valence-corrected chi connectivity index (χ4v) is 7.74. The molecule has 0 aliphatic heterocycles. The molecule has 0 aliphatic rings. The van der Waals surface area contributed by atoms with Gasteiger partial charge in [0.15, 0.2) is 0 Å². The number of hydrogen-bond acceptors (Lipinski definition) is 5. The van der Waals surface area contributed by atoms with E-state index in [-0.39, 0.29) is 11.9 Å². The summed E-state index contributed by atoms with van der Waals surface area (Å²) in [4.78, 5) is 12.4. The Morgan fingerprint density at radius 3 is 1.85 bits per heavy atom. The molecule has 8 heteroatoms. The molecule has 26 heavy (non-hydrogen) atoms. The standard InChI is InChI=1S/C18H43NO4Si3/c1-11-21-26(10,22-12-2)15-13-14-19(24(4,5)6)16-17(3)18(20)23-25(7,8)9/h17H,11-16H2,1-10H3. The Balaban J connectivity index is 4.80. The molecule has 0 saturated heterocycles. The zero-order chi connectivity index (χ0) is 20.6. The first kappa shape index (κ1) is 26.0. The van der Waals surface area contributed by atoms with Crippen LogP contribution in [-0.2, 0) is 18.1 Å². The molecule has 0 fully saturated rings. The maximum atomic E-state index is 12.4. The Morgan fingerprint density at radius 2 is 1.46 bits per heavy atom. The molecule has 0 aliphatic carbocycles. The SMILES string of the molecule is CCO[Si](C)(CCCN(CC(C)C(=O)O[Si](C)(C)C)[Si](C)(C)C)OCC. The van der Waals surface area contributed by atoms with Gasteiger partial charge in [0, 0.05) is 19.8 Å². The minimum atomic E-state index is -2.07. The van der Waals surface area contributed by atoms with E-state index in [1.807, 2.05) is 20.8 Å². The summed E-state index contributed by atoms with van der Waals surface area (Å²) in [6.07, 6.45) is 1.04. The fourth-order valence-electron chi connectivity index (χ4n) is 2.90. The van der Waals surface area contributed by atoms with Crippen molar-refractivity contribution in [1.82, 2.24) is 4.57 Å². The number of nitrogens with zero attached hydrogens (tertiary/aromatic N) is 1. The predicted molar refractivity (Wildman–Crippen MR) is 118 cm³/mol. The number of carbonyl (C=O) groups is 1. The van der Waals surface area contributed by atoms with Crippen LogP contribution in [0.4, 0.5) is 0 Å². The summed E-state index contributed by atoms with van der Waals surface area (Å²) in [6.45, 7) is 24.6. The molecule has 0 aromatic heterocycles. The summed E-state index contributed by atoms with van der Waals surface area (Å²) in [6, 6.07) is 0.989. The van der Waals surface area contributed by atoms with Crippen molar-refractivity contribution in [3.8, 4) is 0 Å². The van der Waals surface area contributed by atoms with Gasteiger partial charge in [-0.15, -0.1) is 0 Å². The smallest absolute Gasteiger partial charge is 0.334 e. The second kappa shape index (κ2) is 11.1. The van der Waals surface area contributed by atoms with E-state index in [4.69, 9.17) is 13.3 Å². The van der Waals surface area contributed by atoms with Gasteiger partial charge in [0.25, 0.3) is 5.97 Å². The van der Waals surface area contributed by atoms with Gasteiger partial charge in [0.2, 0.25) is 8.32 Å². The van der Waals surface area contributed by atoms with Gasteiger partial charge in [0.1, 0.15) is 8.24 Å². The molecule has 1 atom stereocenters. The Bertz CT molecular complexity index is 416. The Labute approximate surface area is 165 Å². The van der Waals surface area contributed by atoms with Crippen LogP contribution in [0, 0.1) is 5.92 Å². The van der Waals surface area contributed by atoms with Gasteiger partial charge >= 0.3 is 8.56 Å². The van der Waals surface area contributed by atoms with Gasteiger partial charge in [-0.1, -0.05) is 26.6 Å². The van der Waals surface area contributed by atoms with E-state index in [1.165, 1.54) is 0 Å². The number of carbonyl (C=O) groups excluding carboxylic acids is 1. The molecule has 0 radical (unpaired) electrons. The molecule has 0 aromatic carbocycles. The van der Waals surface area contributed by atoms with Gasteiger partial charge in [-0.2, -0.15) is 0 Å². The molecule has 0 rings (SSSR count). The van der Waals surface area contributed by atoms with Gasteiger partial charge in [0.05, 0.1) is 5.92 Å². The average molecular weight is 422 g/mol. The second-order valence-electron chi connectivity index (χ2n) is 9.15. The lowest BCUT2D eigenvalue weighted by molar-refractivity contribution is -0.139. The molecule has 0 saturated carbocycles. The molecule has 156 valence electrons. The van der Waals surface area contributed by atoms with E-state index in [0.29, 0.717) is 13.2 Å². The van der Waals surface area contributed by atoms with Crippen molar-refractivity contribution in [2.45, 2.75) is 79.1 Å². The fraction of sp³-hybridized carbons (Fsp3) is 0.944. The van der Waals surface area contributed by atoms with E-state index in [0.717, 1.165) is 25.6 Å². The summed E-state index contributed by atoms with van der Waals surface area (Å²) in [7, 11) is -5.42. The first-order chi connectivity index (χ1) is 11.7. The van der Waals surface area contributed by atoms with Crippen LogP contribution in [0.3, 0.4) is 0 Å². The second-order valence-corrected chi connectivity index (χ2v) is 21.9. The third-order valence-electron chi connectivity index (χ3n) is 4.21. The normalized spacial score (nSPS) is 14.6. The van der Waals surface area contributed by atoms with Crippen LogP contribution in [0.1, 0.15) is 27.2 Å². The molecule has 5 nitrogen and oxygen atoms in total. The maximum Gasteiger partial charge on any atom is 0.334 e. The number of hydrogen-bond donors (Lipinski definition) is 0. The van der Waals surface area contributed by atoms with Crippen LogP contribution in [0.5, 0.6) is 0 Å². The third-order valence-corrected chi connectivity index (χ3v) is 10.4. The molecule has 0 spiro atoms. The van der Waals surface area contributed by atoms with Gasteiger partial charge in [-0.25, -0.2) is 0 Å². The summed E-state index contributed by atoms with van der Waals surface area (Å²) >= 11 is 0. The highest BCUT2D eigenvalue weighted by Gasteiger charge is 2.33. The lowest BCUT2D eigenvalue weighted by Crippen LogP contribution is -2.50. The van der Waals surface area contributed by atoms with Crippen molar-refractivity contribution in [2.75, 3.05) is 26.3 Å². The summed E-state index contributed by atoms with van der Waals surface area (Å²) in [5.74, 6) is -0.133. The molecular formula is C18H43NO4Si3. The first-order valence-corrected chi connectivity index (χ1v) is 19.4. The Hall–Kier alpha value is 0.000649. The Kier molecular flexibility index (Phi) is 11.1. The van der Waals surface area contributed by atoms with Crippen molar-refractivity contribution in [3.05, 3.63) is 0 Å². The van der Waals surface area contributed by atoms with Crippen LogP contribution >= 0.6 is 0 Å². The lowest BCUT2D eigenvalue weighted by Gasteiger charge is -2.37. The molecule has 0 N–H and O–H groups in total. The van der Waals surface area contributed by atoms with Crippen LogP contribution < -0.4 is 0 Å². The molecule has 0 bridgehead atoms. The molecule has 0 heterocycles. The van der Waals surface area contributed by atoms with E-state index in [2.05, 4.69) is 50.4 Å². The van der Waals surface area contributed by atoms with Gasteiger partial charge in [-0.3, -0.25) is 4.79 Å². The van der Waals surface area contributed by atoms with E-state index in [1.54, 1.807) is 0 Å². The quantitative estimate of drug-likeness (QED) is 0.404. The predicted octanol–water partition coefficient (Wildman–Crippen LogP) is 4.67. The van der Waals surface area contributed by atoms with Crippen molar-refractivity contribution in [1.29, 1.82) is 0 Å². The van der Waals surface area contributed by atoms with E-state index in [9.17, 15) is 4.79 Å². The maximum absolute atomic E-state index is 12.4. The summed E-state index contributed by atoms with van der Waals surface area (Å²) in [5, 5.41) is 0. The van der Waals surface area contributed by atoms with Crippen LogP contribution in [0.15, 0.2) is 0 Å². The zero-order valence-electron chi connectivity index (χ0n) is 18.9. The average Bonchev–Trinajstić information content (AvgIpc) is 2.43. The zero-order valence-corrected chi connectivity index (χ0v) is 21.9. The van der Waals surface area contributed by atoms with Crippen LogP contribution in [0.2, 0.25) is 51.9 Å². The van der Waals surface area contributed by atoms with Gasteiger partial charge < -0.3 is 17.8 Å². The van der Waals surface area contributed by atoms with Crippen molar-refractivity contribution >= 4 is 31.1 Å². The molecule has 1 unspecified atom stereocenters. The summed E-state index contributed by atoms with van der Waals surface area (Å²) < 4.78 is 20.1. The van der Waals surface area contributed by atoms with Crippen LogP contribution in [0.25, 0.3) is 0 Å². The highest BCUT2D eigenvalue weighted by molar-refractivity contribution is 6.73. The first-order valence-electron chi connectivity index (χ1n) is 10.00. The molecular weight excluding hydrogens is 378 g/mol. The van der Waals surface area contributed by atoms with E-state index < -0.39 is 25.1 Å². The molecule has 0 amide bonds.